The molecule has 2 heterocycles. The van der Waals surface area contributed by atoms with E-state index >= 15 is 0 Å². The average Bonchev–Trinajstić information content (AvgIpc) is 3.24. The van der Waals surface area contributed by atoms with Crippen LogP contribution in [0.4, 0.5) is 5.82 Å². The van der Waals surface area contributed by atoms with Gasteiger partial charge in [-0.3, -0.25) is 14.7 Å². The summed E-state index contributed by atoms with van der Waals surface area (Å²) in [7, 11) is 1.62. The molecule has 0 bridgehead atoms. The molecule has 2 aliphatic rings. The number of hydrogen-bond acceptors (Lipinski definition) is 4. The summed E-state index contributed by atoms with van der Waals surface area (Å²) in [5.41, 5.74) is 4.75. The summed E-state index contributed by atoms with van der Waals surface area (Å²) in [4.78, 5) is 27.4. The molecule has 2 unspecified atom stereocenters. The standard InChI is InChI=1S/C29H25N3O3/c1-35-22-14-12-19(13-15-22)25-26-23(16-20(17-24(26)33)18-8-4-2-5-9-18)30-28-27(25)29(34)32(31-28)21-10-6-3-7-11-21/h2-15,20,25,30-31H,16-17H2,1H3. The van der Waals surface area contributed by atoms with Crippen molar-refractivity contribution >= 4 is 11.6 Å². The number of H-pyrrole nitrogens is 1. The molecule has 2 atom stereocenters. The van der Waals surface area contributed by atoms with E-state index in [2.05, 4.69) is 22.5 Å². The van der Waals surface area contributed by atoms with Crippen molar-refractivity contribution < 1.29 is 9.53 Å². The third-order valence-electron chi connectivity index (χ3n) is 7.02. The van der Waals surface area contributed by atoms with Crippen molar-refractivity contribution in [1.82, 2.24) is 9.78 Å². The van der Waals surface area contributed by atoms with Gasteiger partial charge in [-0.2, -0.15) is 0 Å². The average molecular weight is 464 g/mol. The lowest BCUT2D eigenvalue weighted by atomic mass is 9.73. The Labute approximate surface area is 202 Å². The number of ketones is 1. The highest BCUT2D eigenvalue weighted by atomic mass is 16.5. The van der Waals surface area contributed by atoms with Gasteiger partial charge in [0.05, 0.1) is 18.4 Å². The molecule has 0 saturated carbocycles. The number of nitrogens with one attached hydrogen (secondary N) is 2. The predicted molar refractivity (Wildman–Crippen MR) is 135 cm³/mol. The fourth-order valence-corrected chi connectivity index (χ4v) is 5.34. The quantitative estimate of drug-likeness (QED) is 0.440. The van der Waals surface area contributed by atoms with Crippen molar-refractivity contribution in [2.75, 3.05) is 12.4 Å². The Morgan fingerprint density at radius 3 is 2.20 bits per heavy atom. The number of fused-ring (bicyclic) bond motifs is 1. The molecule has 6 heteroatoms. The maximum Gasteiger partial charge on any atom is 0.277 e. The highest BCUT2D eigenvalue weighted by Crippen LogP contribution is 2.46. The second-order valence-electron chi connectivity index (χ2n) is 9.04. The number of allylic oxidation sites excluding steroid dienone is 2. The third kappa shape index (κ3) is 3.58. The van der Waals surface area contributed by atoms with Crippen LogP contribution in [0.25, 0.3) is 5.69 Å². The Bertz CT molecular complexity index is 1480. The van der Waals surface area contributed by atoms with Crippen LogP contribution in [-0.2, 0) is 4.79 Å². The van der Waals surface area contributed by atoms with Crippen molar-refractivity contribution in [3.63, 3.8) is 0 Å². The Kier molecular flexibility index (Phi) is 5.14. The molecule has 0 radical (unpaired) electrons. The number of Topliss-reactive ketones (excluding diaryl/α,β-unsaturated/α-hetero) is 1. The van der Waals surface area contributed by atoms with Crippen LogP contribution in [0, 0.1) is 0 Å². The SMILES string of the molecule is COc1ccc(C2C3=C(CC(c4ccccc4)CC3=O)Nc3[nH]n(-c4ccccc4)c(=O)c32)cc1. The first kappa shape index (κ1) is 21.2. The normalized spacial score (nSPS) is 19.1. The summed E-state index contributed by atoms with van der Waals surface area (Å²) < 4.78 is 6.89. The van der Waals surface area contributed by atoms with Gasteiger partial charge in [-0.05, 0) is 47.7 Å². The summed E-state index contributed by atoms with van der Waals surface area (Å²) >= 11 is 0. The van der Waals surface area contributed by atoms with Crippen LogP contribution in [0.2, 0.25) is 0 Å². The van der Waals surface area contributed by atoms with Gasteiger partial charge in [0.1, 0.15) is 11.6 Å². The monoisotopic (exact) mass is 463 g/mol. The first-order valence-corrected chi connectivity index (χ1v) is 11.8. The predicted octanol–water partition coefficient (Wildman–Crippen LogP) is 5.13. The van der Waals surface area contributed by atoms with Crippen molar-refractivity contribution in [1.29, 1.82) is 0 Å². The molecule has 4 aromatic rings. The van der Waals surface area contributed by atoms with Gasteiger partial charge in [-0.15, -0.1) is 0 Å². The molecule has 6 nitrogen and oxygen atoms in total. The fourth-order valence-electron chi connectivity index (χ4n) is 5.34. The number of anilines is 1. The fraction of sp³-hybridized carbons (Fsp3) is 0.172. The van der Waals surface area contributed by atoms with E-state index in [0.29, 0.717) is 29.8 Å². The molecule has 6 rings (SSSR count). The molecule has 35 heavy (non-hydrogen) atoms. The maximum absolute atomic E-state index is 13.7. The Morgan fingerprint density at radius 1 is 0.829 bits per heavy atom. The molecule has 0 fully saturated rings. The number of para-hydroxylation sites is 1. The number of rotatable bonds is 4. The van der Waals surface area contributed by atoms with Crippen molar-refractivity contribution in [2.45, 2.75) is 24.7 Å². The minimum atomic E-state index is -0.454. The highest BCUT2D eigenvalue weighted by molar-refractivity contribution is 6.01. The van der Waals surface area contributed by atoms with Crippen LogP contribution >= 0.6 is 0 Å². The van der Waals surface area contributed by atoms with Crippen LogP contribution < -0.4 is 15.6 Å². The number of nitrogens with zero attached hydrogens (tertiary/aromatic N) is 1. The summed E-state index contributed by atoms with van der Waals surface area (Å²) in [5.74, 6) is 1.08. The van der Waals surface area contributed by atoms with Gasteiger partial charge >= 0.3 is 0 Å². The number of methoxy groups -OCH3 is 1. The molecule has 0 saturated heterocycles. The molecule has 1 aliphatic carbocycles. The van der Waals surface area contributed by atoms with E-state index in [9.17, 15) is 9.59 Å². The molecule has 0 spiro atoms. The molecule has 2 N–H and O–H groups in total. The van der Waals surface area contributed by atoms with Gasteiger partial charge in [0.2, 0.25) is 0 Å². The molecule has 1 aliphatic heterocycles. The van der Waals surface area contributed by atoms with E-state index in [1.54, 1.807) is 11.8 Å². The van der Waals surface area contributed by atoms with Crippen molar-refractivity contribution in [2.24, 2.45) is 0 Å². The first-order chi connectivity index (χ1) is 17.1. The molecule has 1 aromatic heterocycles. The number of aromatic nitrogens is 2. The van der Waals surface area contributed by atoms with Gasteiger partial charge in [0.25, 0.3) is 5.56 Å². The topological polar surface area (TPSA) is 76.1 Å². The van der Waals surface area contributed by atoms with E-state index < -0.39 is 5.92 Å². The molecular weight excluding hydrogens is 438 g/mol. The van der Waals surface area contributed by atoms with Crippen LogP contribution in [-0.4, -0.2) is 22.7 Å². The molecule has 3 aromatic carbocycles. The lowest BCUT2D eigenvalue weighted by molar-refractivity contribution is -0.116. The lowest BCUT2D eigenvalue weighted by Crippen LogP contribution is -2.32. The summed E-state index contributed by atoms with van der Waals surface area (Å²) in [6.45, 7) is 0. The summed E-state index contributed by atoms with van der Waals surface area (Å²) in [5, 5.41) is 6.71. The van der Waals surface area contributed by atoms with E-state index in [1.807, 2.05) is 72.8 Å². The van der Waals surface area contributed by atoms with Crippen LogP contribution in [0.3, 0.4) is 0 Å². The Balaban J connectivity index is 1.51. The zero-order chi connectivity index (χ0) is 23.9. The number of hydrogen-bond donors (Lipinski definition) is 2. The zero-order valence-corrected chi connectivity index (χ0v) is 19.3. The van der Waals surface area contributed by atoms with E-state index in [1.165, 1.54) is 0 Å². The largest absolute Gasteiger partial charge is 0.497 e. The Morgan fingerprint density at radius 2 is 1.51 bits per heavy atom. The Hall–Kier alpha value is -4.32. The van der Waals surface area contributed by atoms with Crippen LogP contribution in [0.15, 0.2) is 101 Å². The highest BCUT2D eigenvalue weighted by Gasteiger charge is 2.41. The van der Waals surface area contributed by atoms with Gasteiger partial charge in [0, 0.05) is 23.6 Å². The number of aromatic amines is 1. The second kappa shape index (κ2) is 8.47. The molecule has 174 valence electrons. The van der Waals surface area contributed by atoms with Crippen molar-refractivity contribution in [3.05, 3.63) is 123 Å². The van der Waals surface area contributed by atoms with Gasteiger partial charge in [-0.1, -0.05) is 60.7 Å². The van der Waals surface area contributed by atoms with E-state index in [0.717, 1.165) is 28.3 Å². The number of carbonyl (C=O) groups is 1. The maximum atomic E-state index is 13.7. The van der Waals surface area contributed by atoms with E-state index in [4.69, 9.17) is 4.74 Å². The lowest BCUT2D eigenvalue weighted by Gasteiger charge is -2.34. The number of benzene rings is 3. The van der Waals surface area contributed by atoms with Gasteiger partial charge in [-0.25, -0.2) is 4.68 Å². The summed E-state index contributed by atoms with van der Waals surface area (Å²) in [6.07, 6.45) is 1.12. The number of carbonyl (C=O) groups excluding carboxylic acids is 1. The molecule has 0 amide bonds. The summed E-state index contributed by atoms with van der Waals surface area (Å²) in [6, 6.07) is 27.3. The minimum absolute atomic E-state index is 0.0749. The second-order valence-corrected chi connectivity index (χ2v) is 9.04. The minimum Gasteiger partial charge on any atom is -0.497 e. The number of ether oxygens (including phenoxy) is 1. The van der Waals surface area contributed by atoms with Crippen LogP contribution in [0.5, 0.6) is 5.75 Å². The van der Waals surface area contributed by atoms with Crippen LogP contribution in [0.1, 0.15) is 41.4 Å². The first-order valence-electron chi connectivity index (χ1n) is 11.8. The van der Waals surface area contributed by atoms with E-state index in [-0.39, 0.29) is 17.3 Å². The van der Waals surface area contributed by atoms with Gasteiger partial charge < -0.3 is 10.1 Å². The third-order valence-corrected chi connectivity index (χ3v) is 7.02. The van der Waals surface area contributed by atoms with Crippen molar-refractivity contribution in [3.8, 4) is 11.4 Å². The zero-order valence-electron chi connectivity index (χ0n) is 19.3. The smallest absolute Gasteiger partial charge is 0.277 e. The molecular formula is C29H25N3O3. The van der Waals surface area contributed by atoms with Gasteiger partial charge in [0.15, 0.2) is 5.78 Å².